The Hall–Kier alpha value is -1.69. The highest BCUT2D eigenvalue weighted by Crippen LogP contribution is 2.18. The molecule has 0 heterocycles. The standard InChI is InChI=1S/C12H16FN3OS/c1-2-3-6-17-11-7-9(4-5-10(11)13)8-15-16-12(14)18/h4-5,7-8H,2-3,6H2,1H3,(H3,14,16,18). The van der Waals surface area contributed by atoms with Gasteiger partial charge in [-0.05, 0) is 36.3 Å². The van der Waals surface area contributed by atoms with Gasteiger partial charge in [0.2, 0.25) is 0 Å². The number of unbranched alkanes of at least 4 members (excludes halogenated alkanes) is 1. The zero-order valence-corrected chi connectivity index (χ0v) is 11.0. The zero-order chi connectivity index (χ0) is 13.4. The largest absolute Gasteiger partial charge is 0.490 e. The number of hydrazone groups is 1. The van der Waals surface area contributed by atoms with E-state index in [0.717, 1.165) is 12.8 Å². The molecular formula is C12H16FN3OS. The summed E-state index contributed by atoms with van der Waals surface area (Å²) < 4.78 is 18.8. The molecule has 3 N–H and O–H groups in total. The van der Waals surface area contributed by atoms with Crippen LogP contribution in [0.3, 0.4) is 0 Å². The van der Waals surface area contributed by atoms with Crippen LogP contribution in [-0.4, -0.2) is 17.9 Å². The van der Waals surface area contributed by atoms with Crippen LogP contribution in [0, 0.1) is 5.82 Å². The van der Waals surface area contributed by atoms with Gasteiger partial charge in [-0.25, -0.2) is 4.39 Å². The number of benzene rings is 1. The minimum absolute atomic E-state index is 0.0766. The highest BCUT2D eigenvalue weighted by Gasteiger charge is 2.03. The third kappa shape index (κ3) is 5.09. The van der Waals surface area contributed by atoms with Crippen molar-refractivity contribution in [1.29, 1.82) is 0 Å². The van der Waals surface area contributed by atoms with E-state index in [1.54, 1.807) is 12.1 Å². The SMILES string of the molecule is CCCCOc1cc(C=NNC(N)=S)ccc1F. The second kappa shape index (κ2) is 7.60. The van der Waals surface area contributed by atoms with Crippen molar-refractivity contribution in [3.05, 3.63) is 29.6 Å². The number of ether oxygens (including phenoxy) is 1. The molecule has 6 heteroatoms. The topological polar surface area (TPSA) is 59.6 Å². The molecule has 0 saturated carbocycles. The van der Waals surface area contributed by atoms with Crippen LogP contribution in [0.15, 0.2) is 23.3 Å². The summed E-state index contributed by atoms with van der Waals surface area (Å²) in [6.45, 7) is 2.54. The lowest BCUT2D eigenvalue weighted by atomic mass is 10.2. The van der Waals surface area contributed by atoms with Crippen LogP contribution in [0.4, 0.5) is 4.39 Å². The highest BCUT2D eigenvalue weighted by molar-refractivity contribution is 7.80. The number of halogens is 1. The Bertz CT molecular complexity index is 437. The van der Waals surface area contributed by atoms with Crippen molar-refractivity contribution in [1.82, 2.24) is 5.43 Å². The van der Waals surface area contributed by atoms with Gasteiger partial charge in [0, 0.05) is 0 Å². The summed E-state index contributed by atoms with van der Waals surface area (Å²) in [7, 11) is 0. The van der Waals surface area contributed by atoms with Gasteiger partial charge >= 0.3 is 0 Å². The van der Waals surface area contributed by atoms with Gasteiger partial charge in [-0.15, -0.1) is 0 Å². The molecule has 1 rings (SSSR count). The quantitative estimate of drug-likeness (QED) is 0.360. The van der Waals surface area contributed by atoms with Crippen molar-refractivity contribution >= 4 is 23.5 Å². The van der Waals surface area contributed by atoms with Gasteiger partial charge in [0.15, 0.2) is 16.7 Å². The maximum atomic E-state index is 13.4. The Morgan fingerprint density at radius 1 is 1.61 bits per heavy atom. The average Bonchev–Trinajstić information content (AvgIpc) is 2.33. The maximum absolute atomic E-state index is 13.4. The lowest BCUT2D eigenvalue weighted by Crippen LogP contribution is -2.23. The van der Waals surface area contributed by atoms with Crippen molar-refractivity contribution in [3.8, 4) is 5.75 Å². The predicted octanol–water partition coefficient (Wildman–Crippen LogP) is 2.17. The monoisotopic (exact) mass is 269 g/mol. The fraction of sp³-hybridized carbons (Fsp3) is 0.333. The van der Waals surface area contributed by atoms with Gasteiger partial charge in [0.25, 0.3) is 0 Å². The summed E-state index contributed by atoms with van der Waals surface area (Å²) in [5, 5.41) is 3.87. The fourth-order valence-corrected chi connectivity index (χ4v) is 1.26. The molecule has 0 fully saturated rings. The number of nitrogens with one attached hydrogen (secondary N) is 1. The van der Waals surface area contributed by atoms with Gasteiger partial charge in [-0.3, -0.25) is 5.43 Å². The first-order chi connectivity index (χ1) is 8.63. The van der Waals surface area contributed by atoms with E-state index in [0.29, 0.717) is 12.2 Å². The van der Waals surface area contributed by atoms with Crippen LogP contribution in [0.5, 0.6) is 5.75 Å². The molecule has 0 radical (unpaired) electrons. The maximum Gasteiger partial charge on any atom is 0.184 e. The molecule has 1 aromatic carbocycles. The van der Waals surface area contributed by atoms with Crippen molar-refractivity contribution in [2.45, 2.75) is 19.8 Å². The minimum atomic E-state index is -0.384. The van der Waals surface area contributed by atoms with E-state index >= 15 is 0 Å². The summed E-state index contributed by atoms with van der Waals surface area (Å²) in [5.41, 5.74) is 8.34. The second-order valence-electron chi connectivity index (χ2n) is 3.63. The Morgan fingerprint density at radius 2 is 2.39 bits per heavy atom. The normalized spacial score (nSPS) is 10.6. The lowest BCUT2D eigenvalue weighted by molar-refractivity contribution is 0.294. The molecule has 0 spiro atoms. The molecule has 0 aromatic heterocycles. The Balaban J connectivity index is 2.67. The van der Waals surface area contributed by atoms with Crippen LogP contribution in [0.1, 0.15) is 25.3 Å². The summed E-state index contributed by atoms with van der Waals surface area (Å²) in [5.74, 6) is -0.159. The van der Waals surface area contributed by atoms with Crippen LogP contribution in [-0.2, 0) is 0 Å². The van der Waals surface area contributed by atoms with E-state index in [1.807, 2.05) is 6.92 Å². The van der Waals surface area contributed by atoms with Crippen LogP contribution in [0.25, 0.3) is 0 Å². The molecular weight excluding hydrogens is 253 g/mol. The number of hydrogen-bond donors (Lipinski definition) is 2. The number of nitrogens with two attached hydrogens (primary N) is 1. The van der Waals surface area contributed by atoms with Gasteiger partial charge < -0.3 is 10.5 Å². The number of rotatable bonds is 6. The van der Waals surface area contributed by atoms with E-state index in [1.165, 1.54) is 12.3 Å². The molecule has 0 unspecified atom stereocenters. The van der Waals surface area contributed by atoms with Crippen LogP contribution in [0.2, 0.25) is 0 Å². The molecule has 98 valence electrons. The van der Waals surface area contributed by atoms with E-state index < -0.39 is 0 Å². The van der Waals surface area contributed by atoms with Gasteiger partial charge in [0.05, 0.1) is 12.8 Å². The zero-order valence-electron chi connectivity index (χ0n) is 10.1. The molecule has 0 aliphatic heterocycles. The average molecular weight is 269 g/mol. The fourth-order valence-electron chi connectivity index (χ4n) is 1.21. The summed E-state index contributed by atoms with van der Waals surface area (Å²) in [6.07, 6.45) is 3.38. The first kappa shape index (κ1) is 14.4. The van der Waals surface area contributed by atoms with E-state index in [-0.39, 0.29) is 16.7 Å². The highest BCUT2D eigenvalue weighted by atomic mass is 32.1. The number of nitrogens with zero attached hydrogens (tertiary/aromatic N) is 1. The number of hydrogen-bond acceptors (Lipinski definition) is 3. The van der Waals surface area contributed by atoms with Crippen LogP contribution < -0.4 is 15.9 Å². The third-order valence-corrected chi connectivity index (χ3v) is 2.19. The van der Waals surface area contributed by atoms with Gasteiger partial charge in [0.1, 0.15) is 0 Å². The van der Waals surface area contributed by atoms with E-state index in [4.69, 9.17) is 10.5 Å². The van der Waals surface area contributed by atoms with Crippen molar-refractivity contribution in [3.63, 3.8) is 0 Å². The molecule has 0 bridgehead atoms. The molecule has 1 aromatic rings. The van der Waals surface area contributed by atoms with E-state index in [9.17, 15) is 4.39 Å². The van der Waals surface area contributed by atoms with Crippen molar-refractivity contribution in [2.24, 2.45) is 10.8 Å². The van der Waals surface area contributed by atoms with Crippen molar-refractivity contribution < 1.29 is 9.13 Å². The Labute approximate surface area is 111 Å². The first-order valence-corrected chi connectivity index (χ1v) is 6.05. The second-order valence-corrected chi connectivity index (χ2v) is 4.07. The molecule has 4 nitrogen and oxygen atoms in total. The van der Waals surface area contributed by atoms with Crippen LogP contribution >= 0.6 is 12.2 Å². The molecule has 0 atom stereocenters. The lowest BCUT2D eigenvalue weighted by Gasteiger charge is -2.07. The first-order valence-electron chi connectivity index (χ1n) is 5.64. The van der Waals surface area contributed by atoms with Gasteiger partial charge in [-0.1, -0.05) is 19.4 Å². The van der Waals surface area contributed by atoms with E-state index in [2.05, 4.69) is 22.7 Å². The Kier molecular flexibility index (Phi) is 6.07. The Morgan fingerprint density at radius 3 is 3.06 bits per heavy atom. The summed E-state index contributed by atoms with van der Waals surface area (Å²) in [6, 6.07) is 4.51. The molecule has 18 heavy (non-hydrogen) atoms. The molecule has 0 aliphatic rings. The summed E-state index contributed by atoms with van der Waals surface area (Å²) in [4.78, 5) is 0. The minimum Gasteiger partial charge on any atom is -0.490 e. The summed E-state index contributed by atoms with van der Waals surface area (Å²) >= 11 is 4.60. The molecule has 0 aliphatic carbocycles. The molecule has 0 amide bonds. The smallest absolute Gasteiger partial charge is 0.184 e. The predicted molar refractivity (Wildman–Crippen MR) is 74.3 cm³/mol. The van der Waals surface area contributed by atoms with Gasteiger partial charge in [-0.2, -0.15) is 5.10 Å². The molecule has 0 saturated heterocycles. The third-order valence-electron chi connectivity index (χ3n) is 2.10. The number of thiocarbonyl (C=S) groups is 1. The van der Waals surface area contributed by atoms with Crippen molar-refractivity contribution in [2.75, 3.05) is 6.61 Å².